The number of amides is 2. The van der Waals surface area contributed by atoms with Gasteiger partial charge >= 0.3 is 0 Å². The summed E-state index contributed by atoms with van der Waals surface area (Å²) in [5.74, 6) is -2.57. The SMILES string of the molecule is CC(=O)Nc1cc(NC(=O)c2cccc(S(=O)(=O)Nc3ccccc3F)c2)ccc1F. The molecule has 31 heavy (non-hydrogen) atoms. The van der Waals surface area contributed by atoms with Gasteiger partial charge in [-0.3, -0.25) is 14.3 Å². The highest BCUT2D eigenvalue weighted by atomic mass is 32.2. The van der Waals surface area contributed by atoms with Gasteiger partial charge in [0.25, 0.3) is 15.9 Å². The highest BCUT2D eigenvalue weighted by Crippen LogP contribution is 2.22. The molecule has 3 aromatic rings. The molecular formula is C21H17F2N3O4S. The van der Waals surface area contributed by atoms with E-state index in [9.17, 15) is 26.8 Å². The van der Waals surface area contributed by atoms with Gasteiger partial charge in [-0.05, 0) is 48.5 Å². The van der Waals surface area contributed by atoms with Gasteiger partial charge in [-0.15, -0.1) is 0 Å². The molecule has 3 aromatic carbocycles. The fourth-order valence-corrected chi connectivity index (χ4v) is 3.76. The zero-order valence-electron chi connectivity index (χ0n) is 16.1. The Balaban J connectivity index is 1.82. The quantitative estimate of drug-likeness (QED) is 0.534. The Hall–Kier alpha value is -3.79. The summed E-state index contributed by atoms with van der Waals surface area (Å²) < 4.78 is 54.8. The molecule has 0 heterocycles. The number of para-hydroxylation sites is 1. The smallest absolute Gasteiger partial charge is 0.262 e. The van der Waals surface area contributed by atoms with E-state index in [-0.39, 0.29) is 27.5 Å². The molecule has 3 rings (SSSR count). The minimum absolute atomic E-state index is 0.00168. The summed E-state index contributed by atoms with van der Waals surface area (Å²) in [5.41, 5.74) is -0.153. The van der Waals surface area contributed by atoms with Crippen LogP contribution in [-0.4, -0.2) is 20.2 Å². The predicted octanol–water partition coefficient (Wildman–Crippen LogP) is 3.98. The van der Waals surface area contributed by atoms with Crippen LogP contribution in [0.1, 0.15) is 17.3 Å². The van der Waals surface area contributed by atoms with Gasteiger partial charge in [0.2, 0.25) is 5.91 Å². The number of anilines is 3. The van der Waals surface area contributed by atoms with Crippen LogP contribution in [0.25, 0.3) is 0 Å². The number of carbonyl (C=O) groups excluding carboxylic acids is 2. The Bertz CT molecular complexity index is 1260. The highest BCUT2D eigenvalue weighted by molar-refractivity contribution is 7.92. The molecule has 0 aliphatic carbocycles. The zero-order valence-corrected chi connectivity index (χ0v) is 17.0. The van der Waals surface area contributed by atoms with E-state index in [1.54, 1.807) is 0 Å². The van der Waals surface area contributed by atoms with Crippen molar-refractivity contribution in [2.75, 3.05) is 15.4 Å². The number of hydrogen-bond donors (Lipinski definition) is 3. The summed E-state index contributed by atoms with van der Waals surface area (Å²) in [7, 11) is -4.16. The Morgan fingerprint density at radius 1 is 0.806 bits per heavy atom. The van der Waals surface area contributed by atoms with Crippen LogP contribution in [-0.2, 0) is 14.8 Å². The van der Waals surface area contributed by atoms with Crippen molar-refractivity contribution in [3.05, 3.63) is 83.9 Å². The summed E-state index contributed by atoms with van der Waals surface area (Å²) in [5, 5.41) is 4.80. The lowest BCUT2D eigenvalue weighted by molar-refractivity contribution is -0.114. The lowest BCUT2D eigenvalue weighted by Crippen LogP contribution is -2.16. The average molecular weight is 445 g/mol. The zero-order chi connectivity index (χ0) is 22.6. The molecule has 0 aliphatic rings. The molecule has 0 saturated carbocycles. The third-order valence-corrected chi connectivity index (χ3v) is 5.42. The molecule has 0 aliphatic heterocycles. The largest absolute Gasteiger partial charge is 0.324 e. The first kappa shape index (κ1) is 21.9. The van der Waals surface area contributed by atoms with Crippen LogP contribution in [0.4, 0.5) is 25.8 Å². The standard InChI is InChI=1S/C21H17F2N3O4S/c1-13(27)24-20-12-15(9-10-18(20)23)25-21(28)14-5-4-6-16(11-14)31(29,30)26-19-8-3-2-7-17(19)22/h2-12,26H,1H3,(H,24,27)(H,25,28). The average Bonchev–Trinajstić information content (AvgIpc) is 2.72. The maximum Gasteiger partial charge on any atom is 0.262 e. The number of rotatable bonds is 6. The minimum atomic E-state index is -4.16. The predicted molar refractivity (Wildman–Crippen MR) is 112 cm³/mol. The van der Waals surface area contributed by atoms with E-state index in [1.807, 2.05) is 0 Å². The van der Waals surface area contributed by atoms with Crippen LogP contribution in [0.3, 0.4) is 0 Å². The van der Waals surface area contributed by atoms with Crippen molar-refractivity contribution in [1.82, 2.24) is 0 Å². The van der Waals surface area contributed by atoms with Crippen LogP contribution in [0, 0.1) is 11.6 Å². The lowest BCUT2D eigenvalue weighted by Gasteiger charge is -2.11. The summed E-state index contributed by atoms with van der Waals surface area (Å²) in [6, 6.07) is 14.0. The monoisotopic (exact) mass is 445 g/mol. The molecule has 0 fully saturated rings. The number of nitrogens with one attached hydrogen (secondary N) is 3. The fourth-order valence-electron chi connectivity index (χ4n) is 2.64. The summed E-state index contributed by atoms with van der Waals surface area (Å²) in [6.45, 7) is 1.21. The Morgan fingerprint density at radius 2 is 1.52 bits per heavy atom. The van der Waals surface area contributed by atoms with Crippen LogP contribution in [0.2, 0.25) is 0 Å². The van der Waals surface area contributed by atoms with Crippen molar-refractivity contribution >= 4 is 38.9 Å². The van der Waals surface area contributed by atoms with Crippen LogP contribution in [0.15, 0.2) is 71.6 Å². The Morgan fingerprint density at radius 3 is 2.23 bits per heavy atom. The first-order valence-corrected chi connectivity index (χ1v) is 10.4. The van der Waals surface area contributed by atoms with Gasteiger partial charge < -0.3 is 10.6 Å². The molecule has 0 radical (unpaired) electrons. The van der Waals surface area contributed by atoms with Gasteiger partial charge in [0.15, 0.2) is 0 Å². The number of halogens is 2. The molecule has 160 valence electrons. The van der Waals surface area contributed by atoms with E-state index in [4.69, 9.17) is 0 Å². The normalized spacial score (nSPS) is 10.9. The van der Waals surface area contributed by atoms with Gasteiger partial charge in [-0.2, -0.15) is 0 Å². The molecule has 0 spiro atoms. The molecule has 0 bridgehead atoms. The first-order valence-electron chi connectivity index (χ1n) is 8.91. The molecule has 3 N–H and O–H groups in total. The molecule has 2 amide bonds. The van der Waals surface area contributed by atoms with E-state index < -0.39 is 33.5 Å². The van der Waals surface area contributed by atoms with Crippen LogP contribution < -0.4 is 15.4 Å². The molecule has 0 aromatic heterocycles. The van der Waals surface area contributed by atoms with Gasteiger partial charge in [-0.1, -0.05) is 18.2 Å². The van der Waals surface area contributed by atoms with Crippen LogP contribution in [0.5, 0.6) is 0 Å². The lowest BCUT2D eigenvalue weighted by atomic mass is 10.2. The number of sulfonamides is 1. The van der Waals surface area contributed by atoms with Crippen molar-refractivity contribution in [2.24, 2.45) is 0 Å². The molecular weight excluding hydrogens is 428 g/mol. The molecule has 0 atom stereocenters. The van der Waals surface area contributed by atoms with E-state index in [0.717, 1.165) is 18.2 Å². The van der Waals surface area contributed by atoms with E-state index in [0.29, 0.717) is 0 Å². The third-order valence-electron chi connectivity index (χ3n) is 4.06. The summed E-state index contributed by atoms with van der Waals surface area (Å²) >= 11 is 0. The first-order chi connectivity index (χ1) is 14.7. The Labute approximate surface area is 177 Å². The number of hydrogen-bond acceptors (Lipinski definition) is 4. The van der Waals surface area contributed by atoms with E-state index in [1.165, 1.54) is 55.5 Å². The van der Waals surface area contributed by atoms with Crippen molar-refractivity contribution < 1.29 is 26.8 Å². The molecule has 7 nitrogen and oxygen atoms in total. The van der Waals surface area contributed by atoms with Gasteiger partial charge in [0.1, 0.15) is 11.6 Å². The van der Waals surface area contributed by atoms with E-state index in [2.05, 4.69) is 15.4 Å². The van der Waals surface area contributed by atoms with Crippen molar-refractivity contribution in [3.63, 3.8) is 0 Å². The second-order valence-electron chi connectivity index (χ2n) is 6.44. The molecule has 0 saturated heterocycles. The van der Waals surface area contributed by atoms with E-state index >= 15 is 0 Å². The fraction of sp³-hybridized carbons (Fsp3) is 0.0476. The van der Waals surface area contributed by atoms with Gasteiger partial charge in [-0.25, -0.2) is 17.2 Å². The third kappa shape index (κ3) is 5.43. The molecule has 0 unspecified atom stereocenters. The second-order valence-corrected chi connectivity index (χ2v) is 8.13. The summed E-state index contributed by atoms with van der Waals surface area (Å²) in [6.07, 6.45) is 0. The minimum Gasteiger partial charge on any atom is -0.324 e. The number of benzene rings is 3. The summed E-state index contributed by atoms with van der Waals surface area (Å²) in [4.78, 5) is 23.5. The second kappa shape index (κ2) is 8.92. The molecule has 10 heteroatoms. The highest BCUT2D eigenvalue weighted by Gasteiger charge is 2.18. The maximum absolute atomic E-state index is 13.8. The topological polar surface area (TPSA) is 104 Å². The van der Waals surface area contributed by atoms with Crippen molar-refractivity contribution in [2.45, 2.75) is 11.8 Å². The maximum atomic E-state index is 13.8. The van der Waals surface area contributed by atoms with Gasteiger partial charge in [0.05, 0.1) is 16.3 Å². The van der Waals surface area contributed by atoms with Crippen LogP contribution >= 0.6 is 0 Å². The number of carbonyl (C=O) groups is 2. The Kier molecular flexibility index (Phi) is 6.30. The van der Waals surface area contributed by atoms with Crippen molar-refractivity contribution in [3.8, 4) is 0 Å². The van der Waals surface area contributed by atoms with Gasteiger partial charge in [0, 0.05) is 18.2 Å². The van der Waals surface area contributed by atoms with Crippen molar-refractivity contribution in [1.29, 1.82) is 0 Å².